The summed E-state index contributed by atoms with van der Waals surface area (Å²) in [5.74, 6) is 1.05. The zero-order chi connectivity index (χ0) is 11.9. The zero-order valence-electron chi connectivity index (χ0n) is 11.7. The van der Waals surface area contributed by atoms with Crippen LogP contribution in [-0.4, -0.2) is 49.1 Å². The second-order valence-electron chi connectivity index (χ2n) is 5.98. The summed E-state index contributed by atoms with van der Waals surface area (Å²) in [6, 6.07) is 0. The van der Waals surface area contributed by atoms with E-state index in [-0.39, 0.29) is 0 Å². The lowest BCUT2D eigenvalue weighted by molar-refractivity contribution is 0.124. The molecule has 0 atom stereocenters. The topological polar surface area (TPSA) is 6.48 Å². The molecule has 1 heterocycles. The molecule has 1 aliphatic heterocycles. The van der Waals surface area contributed by atoms with Gasteiger partial charge in [-0.25, -0.2) is 0 Å². The first kappa shape index (κ1) is 13.4. The minimum Gasteiger partial charge on any atom is -0.301 e. The number of nitrogens with zero attached hydrogens (tertiary/aromatic N) is 2. The maximum Gasteiger partial charge on any atom is 0.0110 e. The van der Waals surface area contributed by atoms with E-state index in [0.717, 1.165) is 5.92 Å². The van der Waals surface area contributed by atoms with E-state index in [9.17, 15) is 0 Å². The van der Waals surface area contributed by atoms with Gasteiger partial charge in [-0.05, 0) is 31.8 Å². The van der Waals surface area contributed by atoms with Gasteiger partial charge in [-0.1, -0.05) is 39.0 Å². The van der Waals surface area contributed by atoms with Crippen LogP contribution in [0.5, 0.6) is 0 Å². The molecule has 1 saturated heterocycles. The summed E-state index contributed by atoms with van der Waals surface area (Å²) in [5.41, 5.74) is 0. The van der Waals surface area contributed by atoms with Crippen LogP contribution in [0.25, 0.3) is 0 Å². The van der Waals surface area contributed by atoms with Gasteiger partial charge in [-0.3, -0.25) is 0 Å². The Bertz CT molecular complexity index is 191. The minimum atomic E-state index is 1.05. The van der Waals surface area contributed by atoms with Crippen molar-refractivity contribution in [3.8, 4) is 0 Å². The Kier molecular flexibility index (Phi) is 5.79. The van der Waals surface area contributed by atoms with Crippen molar-refractivity contribution in [1.29, 1.82) is 0 Å². The molecule has 0 N–H and O–H groups in total. The van der Waals surface area contributed by atoms with Gasteiger partial charge in [0.2, 0.25) is 0 Å². The normalized spacial score (nSPS) is 25.2. The molecule has 0 aromatic heterocycles. The Balaban J connectivity index is 1.57. The number of rotatable bonds is 5. The second kappa shape index (κ2) is 7.38. The predicted molar refractivity (Wildman–Crippen MR) is 74.4 cm³/mol. The summed E-state index contributed by atoms with van der Waals surface area (Å²) in [6.07, 6.45) is 10.3. The fraction of sp³-hybridized carbons (Fsp3) is 1.00. The van der Waals surface area contributed by atoms with Gasteiger partial charge in [0.1, 0.15) is 0 Å². The first-order valence-electron chi connectivity index (χ1n) is 7.83. The predicted octanol–water partition coefficient (Wildman–Crippen LogP) is 2.98. The van der Waals surface area contributed by atoms with Crippen molar-refractivity contribution in [2.75, 3.05) is 39.3 Å². The first-order valence-corrected chi connectivity index (χ1v) is 7.83. The summed E-state index contributed by atoms with van der Waals surface area (Å²) in [5, 5.41) is 0. The lowest BCUT2D eigenvalue weighted by Gasteiger charge is -2.35. The van der Waals surface area contributed by atoms with E-state index in [0.29, 0.717) is 0 Å². The Morgan fingerprint density at radius 3 is 2.00 bits per heavy atom. The summed E-state index contributed by atoms with van der Waals surface area (Å²) in [4.78, 5) is 5.32. The van der Waals surface area contributed by atoms with Gasteiger partial charge in [0, 0.05) is 26.2 Å². The molecule has 0 aromatic rings. The standard InChI is InChI=1S/C15H30N2/c1-2-9-16-11-13-17(14-12-16)10-8-15-6-4-3-5-7-15/h15H,2-14H2,1H3. The van der Waals surface area contributed by atoms with Gasteiger partial charge in [0.25, 0.3) is 0 Å². The fourth-order valence-corrected chi connectivity index (χ4v) is 3.39. The van der Waals surface area contributed by atoms with Crippen LogP contribution in [0.3, 0.4) is 0 Å². The maximum absolute atomic E-state index is 2.70. The summed E-state index contributed by atoms with van der Waals surface area (Å²) in [7, 11) is 0. The van der Waals surface area contributed by atoms with E-state index in [1.807, 2.05) is 0 Å². The summed E-state index contributed by atoms with van der Waals surface area (Å²) >= 11 is 0. The smallest absolute Gasteiger partial charge is 0.0110 e. The number of hydrogen-bond acceptors (Lipinski definition) is 2. The van der Waals surface area contributed by atoms with Crippen molar-refractivity contribution in [3.63, 3.8) is 0 Å². The van der Waals surface area contributed by atoms with E-state index in [1.54, 1.807) is 0 Å². The fourth-order valence-electron chi connectivity index (χ4n) is 3.39. The summed E-state index contributed by atoms with van der Waals surface area (Å²) in [6.45, 7) is 10.2. The zero-order valence-corrected chi connectivity index (χ0v) is 11.7. The molecule has 2 fully saturated rings. The Morgan fingerprint density at radius 1 is 0.824 bits per heavy atom. The molecule has 17 heavy (non-hydrogen) atoms. The van der Waals surface area contributed by atoms with Crippen molar-refractivity contribution in [1.82, 2.24) is 9.80 Å². The van der Waals surface area contributed by atoms with Crippen LogP contribution >= 0.6 is 0 Å². The maximum atomic E-state index is 2.70. The minimum absolute atomic E-state index is 1.05. The molecular weight excluding hydrogens is 208 g/mol. The quantitative estimate of drug-likeness (QED) is 0.726. The van der Waals surface area contributed by atoms with Gasteiger partial charge in [0.15, 0.2) is 0 Å². The van der Waals surface area contributed by atoms with E-state index in [4.69, 9.17) is 0 Å². The first-order chi connectivity index (χ1) is 8.38. The third-order valence-electron chi connectivity index (χ3n) is 4.58. The Labute approximate surface area is 107 Å². The van der Waals surface area contributed by atoms with Crippen LogP contribution in [0, 0.1) is 5.92 Å². The van der Waals surface area contributed by atoms with Crippen molar-refractivity contribution in [2.45, 2.75) is 51.9 Å². The molecule has 0 amide bonds. The molecule has 2 heteroatoms. The average molecular weight is 238 g/mol. The van der Waals surface area contributed by atoms with E-state index in [1.165, 1.54) is 84.2 Å². The molecule has 0 bridgehead atoms. The monoisotopic (exact) mass is 238 g/mol. The van der Waals surface area contributed by atoms with Crippen molar-refractivity contribution in [3.05, 3.63) is 0 Å². The SMILES string of the molecule is CCCN1CCN(CCC2CCCCC2)CC1. The highest BCUT2D eigenvalue weighted by Crippen LogP contribution is 2.26. The highest BCUT2D eigenvalue weighted by atomic mass is 15.3. The molecule has 0 radical (unpaired) electrons. The number of piperazine rings is 1. The molecule has 100 valence electrons. The third-order valence-corrected chi connectivity index (χ3v) is 4.58. The van der Waals surface area contributed by atoms with Crippen molar-refractivity contribution in [2.24, 2.45) is 5.92 Å². The van der Waals surface area contributed by atoms with E-state index >= 15 is 0 Å². The molecule has 2 rings (SSSR count). The van der Waals surface area contributed by atoms with Gasteiger partial charge < -0.3 is 9.80 Å². The Morgan fingerprint density at radius 2 is 1.41 bits per heavy atom. The van der Waals surface area contributed by atoms with E-state index in [2.05, 4.69) is 16.7 Å². The van der Waals surface area contributed by atoms with Crippen LogP contribution in [0.1, 0.15) is 51.9 Å². The van der Waals surface area contributed by atoms with Crippen LogP contribution in [-0.2, 0) is 0 Å². The average Bonchev–Trinajstić information content (AvgIpc) is 2.40. The third kappa shape index (κ3) is 4.59. The van der Waals surface area contributed by atoms with Crippen LogP contribution < -0.4 is 0 Å². The highest BCUT2D eigenvalue weighted by Gasteiger charge is 2.18. The van der Waals surface area contributed by atoms with Gasteiger partial charge in [-0.15, -0.1) is 0 Å². The van der Waals surface area contributed by atoms with Gasteiger partial charge in [-0.2, -0.15) is 0 Å². The van der Waals surface area contributed by atoms with Crippen LogP contribution in [0.2, 0.25) is 0 Å². The van der Waals surface area contributed by atoms with E-state index < -0.39 is 0 Å². The molecule has 2 aliphatic rings. The summed E-state index contributed by atoms with van der Waals surface area (Å²) < 4.78 is 0. The highest BCUT2D eigenvalue weighted by molar-refractivity contribution is 4.73. The molecular formula is C15H30N2. The molecule has 0 aromatic carbocycles. The lowest BCUT2D eigenvalue weighted by atomic mass is 9.87. The second-order valence-corrected chi connectivity index (χ2v) is 5.98. The van der Waals surface area contributed by atoms with Gasteiger partial charge >= 0.3 is 0 Å². The Hall–Kier alpha value is -0.0800. The largest absolute Gasteiger partial charge is 0.301 e. The molecule has 1 saturated carbocycles. The molecule has 2 nitrogen and oxygen atoms in total. The van der Waals surface area contributed by atoms with Crippen molar-refractivity contribution >= 4 is 0 Å². The lowest BCUT2D eigenvalue weighted by Crippen LogP contribution is -2.46. The van der Waals surface area contributed by atoms with Crippen LogP contribution in [0.4, 0.5) is 0 Å². The van der Waals surface area contributed by atoms with Crippen molar-refractivity contribution < 1.29 is 0 Å². The van der Waals surface area contributed by atoms with Crippen LogP contribution in [0.15, 0.2) is 0 Å². The number of hydrogen-bond donors (Lipinski definition) is 0. The molecule has 1 aliphatic carbocycles. The molecule has 0 spiro atoms. The van der Waals surface area contributed by atoms with Gasteiger partial charge in [0.05, 0.1) is 0 Å². The molecule has 0 unspecified atom stereocenters.